The first kappa shape index (κ1) is 20.7. The first-order valence-electron chi connectivity index (χ1n) is 11.3. The molecule has 1 aliphatic heterocycles. The Bertz CT molecular complexity index is 892. The van der Waals surface area contributed by atoms with Gasteiger partial charge in [0.25, 0.3) is 0 Å². The third-order valence-corrected chi connectivity index (χ3v) is 6.35. The van der Waals surface area contributed by atoms with Crippen LogP contribution >= 0.6 is 0 Å². The average Bonchev–Trinajstić information content (AvgIpc) is 2.74. The Morgan fingerprint density at radius 1 is 1.10 bits per heavy atom. The summed E-state index contributed by atoms with van der Waals surface area (Å²) in [5.74, 6) is 0.0597. The Labute approximate surface area is 178 Å². The van der Waals surface area contributed by atoms with E-state index in [1.807, 2.05) is 38.1 Å². The largest absolute Gasteiger partial charge is 0.494 e. The third kappa shape index (κ3) is 4.03. The molecule has 0 amide bonds. The molecule has 4 rings (SSSR count). The minimum absolute atomic E-state index is 0.0354. The number of Topliss-reactive ketones (excluding diaryl/α,β-unsaturated/α-hetero) is 1. The van der Waals surface area contributed by atoms with E-state index in [1.165, 1.54) is 6.42 Å². The van der Waals surface area contributed by atoms with Crippen LogP contribution in [-0.4, -0.2) is 24.5 Å². The Morgan fingerprint density at radius 3 is 2.63 bits per heavy atom. The molecule has 160 valence electrons. The number of nitrogens with one attached hydrogen (secondary N) is 1. The normalized spacial score (nSPS) is 22.5. The van der Waals surface area contributed by atoms with Crippen molar-refractivity contribution >= 4 is 11.8 Å². The summed E-state index contributed by atoms with van der Waals surface area (Å²) in [6.45, 7) is 4.37. The van der Waals surface area contributed by atoms with Gasteiger partial charge in [-0.3, -0.25) is 4.79 Å². The number of ketones is 1. The van der Waals surface area contributed by atoms with Crippen LogP contribution in [0.4, 0.5) is 0 Å². The SMILES string of the molecule is CCOc1ccccc1[C@@H]1C(C(=O)OC2CCCCC2)=C(C)NC2=C1C(=O)CCC2. The molecule has 5 nitrogen and oxygen atoms in total. The molecule has 0 radical (unpaired) electrons. The number of hydrogen-bond donors (Lipinski definition) is 1. The summed E-state index contributed by atoms with van der Waals surface area (Å²) in [6, 6.07) is 7.74. The lowest BCUT2D eigenvalue weighted by molar-refractivity contribution is -0.146. The Hall–Kier alpha value is -2.56. The van der Waals surface area contributed by atoms with Crippen molar-refractivity contribution in [2.75, 3.05) is 6.61 Å². The van der Waals surface area contributed by atoms with Crippen molar-refractivity contribution in [2.45, 2.75) is 77.2 Å². The number of ether oxygens (including phenoxy) is 2. The topological polar surface area (TPSA) is 64.6 Å². The standard InChI is InChI=1S/C25H31NO4/c1-3-29-21-15-8-7-12-18(21)23-22(25(28)30-17-10-5-4-6-11-17)16(2)26-19-13-9-14-20(27)24(19)23/h7-8,12,15,17,23,26H,3-6,9-11,13-14H2,1-2H3/t23-/m1/s1. The van der Waals surface area contributed by atoms with Crippen LogP contribution in [0.5, 0.6) is 5.75 Å². The second-order valence-corrected chi connectivity index (χ2v) is 8.40. The molecule has 1 aromatic carbocycles. The van der Waals surface area contributed by atoms with Crippen LogP contribution in [0.1, 0.15) is 76.7 Å². The lowest BCUT2D eigenvalue weighted by atomic mass is 9.75. The van der Waals surface area contributed by atoms with Gasteiger partial charge in [-0.15, -0.1) is 0 Å². The monoisotopic (exact) mass is 409 g/mol. The maximum absolute atomic E-state index is 13.4. The van der Waals surface area contributed by atoms with E-state index in [-0.39, 0.29) is 17.9 Å². The molecule has 2 aliphatic carbocycles. The zero-order valence-electron chi connectivity index (χ0n) is 18.0. The first-order chi connectivity index (χ1) is 14.6. The zero-order chi connectivity index (χ0) is 21.1. The minimum Gasteiger partial charge on any atom is -0.494 e. The predicted molar refractivity (Wildman–Crippen MR) is 115 cm³/mol. The van der Waals surface area contributed by atoms with E-state index in [0.29, 0.717) is 29.9 Å². The van der Waals surface area contributed by atoms with Gasteiger partial charge in [0.2, 0.25) is 0 Å². The molecule has 3 aliphatic rings. The number of dihydropyridines is 1. The summed E-state index contributed by atoms with van der Waals surface area (Å²) in [5.41, 5.74) is 3.82. The number of esters is 1. The fourth-order valence-corrected chi connectivity index (χ4v) is 4.97. The van der Waals surface area contributed by atoms with Crippen LogP contribution < -0.4 is 10.1 Å². The molecule has 1 N–H and O–H groups in total. The van der Waals surface area contributed by atoms with Crippen LogP contribution in [0.15, 0.2) is 46.8 Å². The van der Waals surface area contributed by atoms with Gasteiger partial charge in [0.1, 0.15) is 11.9 Å². The fourth-order valence-electron chi connectivity index (χ4n) is 4.97. The molecule has 0 bridgehead atoms. The van der Waals surface area contributed by atoms with E-state index in [1.54, 1.807) is 0 Å². The second-order valence-electron chi connectivity index (χ2n) is 8.40. The zero-order valence-corrected chi connectivity index (χ0v) is 18.0. The van der Waals surface area contributed by atoms with Gasteiger partial charge in [-0.05, 0) is 58.4 Å². The van der Waals surface area contributed by atoms with Crippen LogP contribution in [0.3, 0.4) is 0 Å². The van der Waals surface area contributed by atoms with Gasteiger partial charge >= 0.3 is 5.97 Å². The average molecular weight is 410 g/mol. The van der Waals surface area contributed by atoms with Gasteiger partial charge in [-0.25, -0.2) is 4.79 Å². The van der Waals surface area contributed by atoms with E-state index in [9.17, 15) is 9.59 Å². The molecular weight excluding hydrogens is 378 g/mol. The highest BCUT2D eigenvalue weighted by molar-refractivity contribution is 6.04. The van der Waals surface area contributed by atoms with Gasteiger partial charge in [-0.2, -0.15) is 0 Å². The number of hydrogen-bond acceptors (Lipinski definition) is 5. The fraction of sp³-hybridized carbons (Fsp3) is 0.520. The molecule has 1 saturated carbocycles. The Kier molecular flexibility index (Phi) is 6.26. The number of rotatable bonds is 5. The van der Waals surface area contributed by atoms with Crippen LogP contribution in [0, 0.1) is 0 Å². The molecular formula is C25H31NO4. The van der Waals surface area contributed by atoms with E-state index < -0.39 is 5.92 Å². The molecule has 30 heavy (non-hydrogen) atoms. The lowest BCUT2D eigenvalue weighted by Gasteiger charge is -2.35. The van der Waals surface area contributed by atoms with E-state index in [4.69, 9.17) is 9.47 Å². The Balaban J connectivity index is 1.77. The van der Waals surface area contributed by atoms with Crippen molar-refractivity contribution in [3.8, 4) is 5.75 Å². The highest BCUT2D eigenvalue weighted by Gasteiger charge is 2.40. The van der Waals surface area contributed by atoms with Gasteiger partial charge in [0.05, 0.1) is 18.1 Å². The van der Waals surface area contributed by atoms with E-state index in [0.717, 1.165) is 55.5 Å². The summed E-state index contributed by atoms with van der Waals surface area (Å²) in [5, 5.41) is 3.36. The van der Waals surface area contributed by atoms with Crippen LogP contribution in [0.25, 0.3) is 0 Å². The lowest BCUT2D eigenvalue weighted by Crippen LogP contribution is -2.35. The van der Waals surface area contributed by atoms with Crippen molar-refractivity contribution in [1.29, 1.82) is 0 Å². The molecule has 0 aromatic heterocycles. The summed E-state index contributed by atoms with van der Waals surface area (Å²) in [4.78, 5) is 26.4. The number of carbonyl (C=O) groups excluding carboxylic acids is 2. The molecule has 5 heteroatoms. The van der Waals surface area contributed by atoms with E-state index >= 15 is 0 Å². The van der Waals surface area contributed by atoms with Crippen LogP contribution in [0.2, 0.25) is 0 Å². The second kappa shape index (κ2) is 9.07. The quantitative estimate of drug-likeness (QED) is 0.699. The number of carbonyl (C=O) groups is 2. The molecule has 1 fully saturated rings. The summed E-state index contributed by atoms with van der Waals surface area (Å²) >= 11 is 0. The van der Waals surface area contributed by atoms with Crippen molar-refractivity contribution in [1.82, 2.24) is 5.32 Å². The number of allylic oxidation sites excluding steroid dienone is 3. The maximum atomic E-state index is 13.4. The molecule has 0 spiro atoms. The summed E-state index contributed by atoms with van der Waals surface area (Å²) < 4.78 is 11.8. The first-order valence-corrected chi connectivity index (χ1v) is 11.3. The molecule has 0 saturated heterocycles. The van der Waals surface area contributed by atoms with Gasteiger partial charge in [0, 0.05) is 29.0 Å². The molecule has 1 heterocycles. The summed E-state index contributed by atoms with van der Waals surface area (Å²) in [6.07, 6.45) is 7.35. The molecule has 1 aromatic rings. The van der Waals surface area contributed by atoms with Crippen molar-refractivity contribution in [2.24, 2.45) is 0 Å². The van der Waals surface area contributed by atoms with Gasteiger partial charge in [0.15, 0.2) is 5.78 Å². The smallest absolute Gasteiger partial charge is 0.337 e. The molecule has 0 unspecified atom stereocenters. The van der Waals surface area contributed by atoms with Gasteiger partial charge < -0.3 is 14.8 Å². The maximum Gasteiger partial charge on any atom is 0.337 e. The van der Waals surface area contributed by atoms with Crippen molar-refractivity contribution in [3.05, 3.63) is 52.4 Å². The minimum atomic E-state index is -0.451. The highest BCUT2D eigenvalue weighted by Crippen LogP contribution is 2.45. The molecule has 1 atom stereocenters. The van der Waals surface area contributed by atoms with E-state index in [2.05, 4.69) is 5.32 Å². The summed E-state index contributed by atoms with van der Waals surface area (Å²) in [7, 11) is 0. The number of benzene rings is 1. The van der Waals surface area contributed by atoms with Crippen molar-refractivity contribution < 1.29 is 19.1 Å². The third-order valence-electron chi connectivity index (χ3n) is 6.35. The Morgan fingerprint density at radius 2 is 1.87 bits per heavy atom. The predicted octanol–water partition coefficient (Wildman–Crippen LogP) is 4.93. The van der Waals surface area contributed by atoms with Gasteiger partial charge in [-0.1, -0.05) is 24.6 Å². The number of para-hydroxylation sites is 1. The van der Waals surface area contributed by atoms with Crippen molar-refractivity contribution in [3.63, 3.8) is 0 Å². The van der Waals surface area contributed by atoms with Crippen LogP contribution in [-0.2, 0) is 14.3 Å². The highest BCUT2D eigenvalue weighted by atomic mass is 16.5.